The number of halogens is 1. The van der Waals surface area contributed by atoms with Crippen molar-refractivity contribution in [3.8, 4) is 0 Å². The van der Waals surface area contributed by atoms with Gasteiger partial charge in [0.05, 0.1) is 12.2 Å². The predicted octanol–water partition coefficient (Wildman–Crippen LogP) is 3.81. The predicted molar refractivity (Wildman–Crippen MR) is 76.0 cm³/mol. The molecule has 1 aromatic carbocycles. The van der Waals surface area contributed by atoms with E-state index in [9.17, 15) is 0 Å². The van der Waals surface area contributed by atoms with E-state index < -0.39 is 0 Å². The van der Waals surface area contributed by atoms with Crippen LogP contribution in [-0.2, 0) is 4.74 Å². The molecule has 0 aromatic heterocycles. The first-order chi connectivity index (χ1) is 8.76. The number of rotatable bonds is 4. The maximum atomic E-state index is 6.25. The van der Waals surface area contributed by atoms with Crippen LogP contribution in [0.15, 0.2) is 24.3 Å². The lowest BCUT2D eigenvalue weighted by molar-refractivity contribution is -0.0687. The Bertz CT molecular complexity index is 379. The van der Waals surface area contributed by atoms with Crippen molar-refractivity contribution in [3.63, 3.8) is 0 Å². The lowest BCUT2D eigenvalue weighted by Crippen LogP contribution is -2.44. The van der Waals surface area contributed by atoms with E-state index in [0.717, 1.165) is 36.5 Å². The number of morpholine rings is 1. The Morgan fingerprint density at radius 2 is 2.00 bits per heavy atom. The van der Waals surface area contributed by atoms with Gasteiger partial charge in [0.2, 0.25) is 0 Å². The fraction of sp³-hybridized carbons (Fsp3) is 0.600. The van der Waals surface area contributed by atoms with Gasteiger partial charge in [0.15, 0.2) is 0 Å². The van der Waals surface area contributed by atoms with Crippen LogP contribution in [0.1, 0.15) is 38.4 Å². The highest BCUT2D eigenvalue weighted by Crippen LogP contribution is 2.30. The van der Waals surface area contributed by atoms with Crippen molar-refractivity contribution in [1.29, 1.82) is 0 Å². The molecule has 2 atom stereocenters. The summed E-state index contributed by atoms with van der Waals surface area (Å²) in [6.07, 6.45) is 2.71. The maximum absolute atomic E-state index is 6.25. The van der Waals surface area contributed by atoms with E-state index in [2.05, 4.69) is 25.2 Å². The third kappa shape index (κ3) is 3.05. The van der Waals surface area contributed by atoms with Crippen molar-refractivity contribution >= 4 is 11.6 Å². The highest BCUT2D eigenvalue weighted by Gasteiger charge is 2.28. The summed E-state index contributed by atoms with van der Waals surface area (Å²) in [4.78, 5) is 0. The third-order valence-electron chi connectivity index (χ3n) is 3.84. The van der Waals surface area contributed by atoms with Gasteiger partial charge in [-0.1, -0.05) is 56.5 Å². The van der Waals surface area contributed by atoms with Gasteiger partial charge in [-0.05, 0) is 12.0 Å². The summed E-state index contributed by atoms with van der Waals surface area (Å²) >= 11 is 6.24. The van der Waals surface area contributed by atoms with Crippen LogP contribution in [-0.4, -0.2) is 19.2 Å². The van der Waals surface area contributed by atoms with E-state index in [0.29, 0.717) is 12.0 Å². The molecule has 1 aliphatic heterocycles. The molecule has 1 aromatic rings. The van der Waals surface area contributed by atoms with Crippen LogP contribution in [0.25, 0.3) is 0 Å². The van der Waals surface area contributed by atoms with Crippen LogP contribution in [0.3, 0.4) is 0 Å². The van der Waals surface area contributed by atoms with Gasteiger partial charge in [0, 0.05) is 23.7 Å². The molecular weight excluding hydrogens is 246 g/mol. The summed E-state index contributed by atoms with van der Waals surface area (Å²) < 4.78 is 6.25. The molecule has 2 unspecified atom stereocenters. The standard InChI is InChI=1S/C15H22ClNO/c1-3-11(4-2)14-9-17-10-15(18-14)12-7-5-6-8-13(12)16/h5-8,11,14-15,17H,3-4,9-10H2,1-2H3. The molecule has 1 N–H and O–H groups in total. The van der Waals surface area contributed by atoms with Gasteiger partial charge in [-0.2, -0.15) is 0 Å². The zero-order valence-electron chi connectivity index (χ0n) is 11.2. The van der Waals surface area contributed by atoms with Crippen LogP contribution in [0.2, 0.25) is 5.02 Å². The lowest BCUT2D eigenvalue weighted by Gasteiger charge is -2.35. The molecular formula is C15H22ClNO. The highest BCUT2D eigenvalue weighted by atomic mass is 35.5. The maximum Gasteiger partial charge on any atom is 0.0968 e. The molecule has 1 aliphatic rings. The van der Waals surface area contributed by atoms with E-state index in [1.165, 1.54) is 0 Å². The molecule has 0 saturated carbocycles. The first-order valence-corrected chi connectivity index (χ1v) is 7.24. The van der Waals surface area contributed by atoms with Gasteiger partial charge in [0.25, 0.3) is 0 Å². The second-order valence-electron chi connectivity index (χ2n) is 4.92. The molecule has 1 heterocycles. The zero-order chi connectivity index (χ0) is 13.0. The van der Waals surface area contributed by atoms with Gasteiger partial charge in [0.1, 0.15) is 0 Å². The van der Waals surface area contributed by atoms with Crippen molar-refractivity contribution in [1.82, 2.24) is 5.32 Å². The van der Waals surface area contributed by atoms with E-state index in [-0.39, 0.29) is 6.10 Å². The molecule has 0 radical (unpaired) electrons. The summed E-state index contributed by atoms with van der Waals surface area (Å²) in [7, 11) is 0. The topological polar surface area (TPSA) is 21.3 Å². The number of hydrogen-bond acceptors (Lipinski definition) is 2. The molecule has 0 spiro atoms. The molecule has 0 amide bonds. The molecule has 3 heteroatoms. The number of ether oxygens (including phenoxy) is 1. The zero-order valence-corrected chi connectivity index (χ0v) is 11.9. The Hall–Kier alpha value is -0.570. The Balaban J connectivity index is 2.09. The van der Waals surface area contributed by atoms with Crippen LogP contribution >= 0.6 is 11.6 Å². The van der Waals surface area contributed by atoms with Crippen LogP contribution < -0.4 is 5.32 Å². The van der Waals surface area contributed by atoms with E-state index in [1.54, 1.807) is 0 Å². The molecule has 2 nitrogen and oxygen atoms in total. The van der Waals surface area contributed by atoms with E-state index in [4.69, 9.17) is 16.3 Å². The fourth-order valence-corrected chi connectivity index (χ4v) is 2.93. The summed E-state index contributed by atoms with van der Waals surface area (Å²) in [5.41, 5.74) is 1.10. The minimum atomic E-state index is 0.0815. The van der Waals surface area contributed by atoms with Crippen molar-refractivity contribution < 1.29 is 4.74 Å². The second kappa shape index (κ2) is 6.55. The largest absolute Gasteiger partial charge is 0.367 e. The number of benzene rings is 1. The highest BCUT2D eigenvalue weighted by molar-refractivity contribution is 6.31. The van der Waals surface area contributed by atoms with Gasteiger partial charge in [-0.25, -0.2) is 0 Å². The summed E-state index contributed by atoms with van der Waals surface area (Å²) in [5, 5.41) is 4.28. The molecule has 1 saturated heterocycles. The average Bonchev–Trinajstić information content (AvgIpc) is 2.41. The monoisotopic (exact) mass is 267 g/mol. The fourth-order valence-electron chi connectivity index (χ4n) is 2.68. The SMILES string of the molecule is CCC(CC)C1CNCC(c2ccccc2Cl)O1. The van der Waals surface area contributed by atoms with Gasteiger partial charge >= 0.3 is 0 Å². The van der Waals surface area contributed by atoms with Gasteiger partial charge < -0.3 is 10.1 Å². The first kappa shape index (κ1) is 13.9. The van der Waals surface area contributed by atoms with E-state index >= 15 is 0 Å². The van der Waals surface area contributed by atoms with Crippen molar-refractivity contribution in [2.45, 2.75) is 38.9 Å². The first-order valence-electron chi connectivity index (χ1n) is 6.86. The smallest absolute Gasteiger partial charge is 0.0968 e. The lowest BCUT2D eigenvalue weighted by atomic mass is 9.94. The van der Waals surface area contributed by atoms with E-state index in [1.807, 2.05) is 18.2 Å². The molecule has 100 valence electrons. The molecule has 2 rings (SSSR count). The second-order valence-corrected chi connectivity index (χ2v) is 5.33. The Morgan fingerprint density at radius 3 is 2.67 bits per heavy atom. The minimum Gasteiger partial charge on any atom is -0.367 e. The van der Waals surface area contributed by atoms with Gasteiger partial charge in [-0.3, -0.25) is 0 Å². The van der Waals surface area contributed by atoms with Crippen LogP contribution in [0.5, 0.6) is 0 Å². The Kier molecular flexibility index (Phi) is 5.04. The van der Waals surface area contributed by atoms with Crippen molar-refractivity contribution in [2.24, 2.45) is 5.92 Å². The molecule has 18 heavy (non-hydrogen) atoms. The molecule has 0 aliphatic carbocycles. The van der Waals surface area contributed by atoms with Crippen LogP contribution in [0, 0.1) is 5.92 Å². The number of nitrogens with one attached hydrogen (secondary N) is 1. The molecule has 1 fully saturated rings. The van der Waals surface area contributed by atoms with Crippen molar-refractivity contribution in [2.75, 3.05) is 13.1 Å². The quantitative estimate of drug-likeness (QED) is 0.896. The molecule has 0 bridgehead atoms. The summed E-state index contributed by atoms with van der Waals surface area (Å²) in [6.45, 7) is 6.26. The number of hydrogen-bond donors (Lipinski definition) is 1. The Morgan fingerprint density at radius 1 is 1.28 bits per heavy atom. The third-order valence-corrected chi connectivity index (χ3v) is 4.19. The average molecular weight is 268 g/mol. The Labute approximate surface area is 115 Å². The van der Waals surface area contributed by atoms with Crippen molar-refractivity contribution in [3.05, 3.63) is 34.9 Å². The van der Waals surface area contributed by atoms with Crippen LogP contribution in [0.4, 0.5) is 0 Å². The normalized spacial score (nSPS) is 24.4. The van der Waals surface area contributed by atoms with Gasteiger partial charge in [-0.15, -0.1) is 0 Å². The summed E-state index contributed by atoms with van der Waals surface area (Å²) in [5.74, 6) is 0.628. The summed E-state index contributed by atoms with van der Waals surface area (Å²) in [6, 6.07) is 7.97. The minimum absolute atomic E-state index is 0.0815.